The lowest BCUT2D eigenvalue weighted by Gasteiger charge is -2.51. The highest BCUT2D eigenvalue weighted by Crippen LogP contribution is 2.44. The Hall–Kier alpha value is -2.12. The molecule has 0 aromatic heterocycles. The molecule has 4 heterocycles. The first-order valence-corrected chi connectivity index (χ1v) is 13.0. The van der Waals surface area contributed by atoms with Crippen molar-refractivity contribution in [2.75, 3.05) is 26.2 Å². The molecule has 2 bridgehead atoms. The fourth-order valence-corrected chi connectivity index (χ4v) is 7.11. The van der Waals surface area contributed by atoms with E-state index in [1.54, 1.807) is 13.8 Å². The minimum atomic E-state index is -1.36. The highest BCUT2D eigenvalue weighted by Gasteiger charge is 2.49. The minimum absolute atomic E-state index is 0. The van der Waals surface area contributed by atoms with Crippen LogP contribution in [0.2, 0.25) is 0 Å². The zero-order chi connectivity index (χ0) is 24.1. The third-order valence-electron chi connectivity index (χ3n) is 8.71. The first kappa shape index (κ1) is 23.6. The number of carbonyl (C=O) groups excluding carboxylic acids is 2. The number of nitrogens with zero attached hydrogens (tertiary/aromatic N) is 3. The molecule has 2 amide bonds. The van der Waals surface area contributed by atoms with Gasteiger partial charge < -0.3 is 24.5 Å². The normalized spacial score (nSPS) is 28.6. The van der Waals surface area contributed by atoms with E-state index in [1.807, 2.05) is 22.8 Å². The lowest BCUT2D eigenvalue weighted by molar-refractivity contribution is -0.150. The summed E-state index contributed by atoms with van der Waals surface area (Å²) in [7, 11) is 0. The fraction of sp³-hybridized carbons (Fsp3) is 0.704. The molecule has 1 aromatic carbocycles. The van der Waals surface area contributed by atoms with E-state index in [2.05, 4.69) is 23.1 Å². The Labute approximate surface area is 204 Å². The lowest BCUT2D eigenvalue weighted by Crippen LogP contribution is -2.59. The van der Waals surface area contributed by atoms with Crippen molar-refractivity contribution in [3.63, 3.8) is 0 Å². The molecular formula is C27H41N3O4. The predicted octanol–water partition coefficient (Wildman–Crippen LogP) is 3.53. The third-order valence-corrected chi connectivity index (χ3v) is 8.71. The number of rotatable bonds is 3. The summed E-state index contributed by atoms with van der Waals surface area (Å²) >= 11 is 0. The van der Waals surface area contributed by atoms with E-state index in [0.29, 0.717) is 37.8 Å². The molecule has 1 spiro atoms. The Morgan fingerprint density at radius 1 is 1.12 bits per heavy atom. The monoisotopic (exact) mass is 471 g/mol. The van der Waals surface area contributed by atoms with Crippen LogP contribution in [0.15, 0.2) is 24.3 Å². The molecule has 4 aliphatic heterocycles. The van der Waals surface area contributed by atoms with E-state index in [0.717, 1.165) is 51.6 Å². The second kappa shape index (κ2) is 8.83. The van der Waals surface area contributed by atoms with Crippen LogP contribution in [0.1, 0.15) is 71.8 Å². The molecule has 3 saturated heterocycles. The molecule has 3 fully saturated rings. The van der Waals surface area contributed by atoms with Gasteiger partial charge in [-0.05, 0) is 83.5 Å². The van der Waals surface area contributed by atoms with E-state index < -0.39 is 5.60 Å². The number of benzene rings is 1. The van der Waals surface area contributed by atoms with Crippen molar-refractivity contribution < 1.29 is 20.9 Å². The summed E-state index contributed by atoms with van der Waals surface area (Å²) in [5.74, 6) is -0.188. The maximum absolute atomic E-state index is 13.0. The zero-order valence-electron chi connectivity index (χ0n) is 20.8. The van der Waals surface area contributed by atoms with Gasteiger partial charge in [0.05, 0.1) is 6.61 Å². The molecular weight excluding hydrogens is 430 g/mol. The third kappa shape index (κ3) is 4.11. The summed E-state index contributed by atoms with van der Waals surface area (Å²) in [6.45, 7) is 8.72. The van der Waals surface area contributed by atoms with E-state index in [9.17, 15) is 14.7 Å². The Morgan fingerprint density at radius 3 is 2.38 bits per heavy atom. The molecule has 0 saturated carbocycles. The smallest absolute Gasteiger partial charge is 0.410 e. The molecule has 188 valence electrons. The molecule has 34 heavy (non-hydrogen) atoms. The zero-order valence-corrected chi connectivity index (χ0v) is 20.8. The van der Waals surface area contributed by atoms with Crippen molar-refractivity contribution in [1.82, 2.24) is 14.7 Å². The summed E-state index contributed by atoms with van der Waals surface area (Å²) in [6.07, 6.45) is 6.10. The standard InChI is InChI=1S/C27H39N3O4.H2/c1-4-34-25(32)30-20-9-10-21(30)16-22(15-20)28-13-11-27(12-14-28)18-29(24(31)26(2,3)33)17-19-7-5-6-8-23(19)27;/h5-8,20-22,33H,4,9-18H2,1-3H3;1H. The van der Waals surface area contributed by atoms with Crippen LogP contribution in [-0.4, -0.2) is 81.8 Å². The van der Waals surface area contributed by atoms with Crippen molar-refractivity contribution in [2.45, 2.75) is 95.0 Å². The largest absolute Gasteiger partial charge is 0.450 e. The van der Waals surface area contributed by atoms with Crippen molar-refractivity contribution in [3.05, 3.63) is 35.4 Å². The van der Waals surface area contributed by atoms with Crippen LogP contribution in [-0.2, 0) is 21.5 Å². The van der Waals surface area contributed by atoms with Crippen molar-refractivity contribution >= 4 is 12.0 Å². The predicted molar refractivity (Wildman–Crippen MR) is 131 cm³/mol. The topological polar surface area (TPSA) is 73.3 Å². The number of piperidine rings is 2. The van der Waals surface area contributed by atoms with Crippen LogP contribution >= 0.6 is 0 Å². The summed E-state index contributed by atoms with van der Waals surface area (Å²) in [5.41, 5.74) is 1.17. The van der Waals surface area contributed by atoms with E-state index in [4.69, 9.17) is 4.74 Å². The minimum Gasteiger partial charge on any atom is -0.450 e. The lowest BCUT2D eigenvalue weighted by atomic mass is 9.68. The molecule has 2 unspecified atom stereocenters. The number of hydrogen-bond acceptors (Lipinski definition) is 5. The van der Waals surface area contributed by atoms with Gasteiger partial charge in [-0.15, -0.1) is 0 Å². The highest BCUT2D eigenvalue weighted by atomic mass is 16.6. The van der Waals surface area contributed by atoms with E-state index in [-0.39, 0.29) is 18.8 Å². The summed E-state index contributed by atoms with van der Waals surface area (Å²) in [6, 6.07) is 9.65. The Kier molecular flexibility index (Phi) is 6.13. The fourth-order valence-electron chi connectivity index (χ4n) is 7.11. The first-order chi connectivity index (χ1) is 16.2. The van der Waals surface area contributed by atoms with Gasteiger partial charge in [0.25, 0.3) is 5.91 Å². The Bertz CT molecular complexity index is 927. The van der Waals surface area contributed by atoms with Crippen LogP contribution in [0.25, 0.3) is 0 Å². The summed E-state index contributed by atoms with van der Waals surface area (Å²) in [4.78, 5) is 32.0. The second-order valence-electron chi connectivity index (χ2n) is 11.3. The van der Waals surface area contributed by atoms with Crippen molar-refractivity contribution in [2.24, 2.45) is 0 Å². The van der Waals surface area contributed by atoms with Gasteiger partial charge in [0.2, 0.25) is 0 Å². The van der Waals surface area contributed by atoms with Gasteiger partial charge in [0.1, 0.15) is 5.60 Å². The van der Waals surface area contributed by atoms with Crippen molar-refractivity contribution in [1.29, 1.82) is 0 Å². The van der Waals surface area contributed by atoms with Crippen LogP contribution in [0.4, 0.5) is 4.79 Å². The van der Waals surface area contributed by atoms with Crippen LogP contribution in [0.5, 0.6) is 0 Å². The van der Waals surface area contributed by atoms with Crippen LogP contribution < -0.4 is 0 Å². The van der Waals surface area contributed by atoms with Gasteiger partial charge in [-0.2, -0.15) is 0 Å². The highest BCUT2D eigenvalue weighted by molar-refractivity contribution is 5.84. The average Bonchev–Trinajstić information content (AvgIpc) is 3.08. The summed E-state index contributed by atoms with van der Waals surface area (Å²) in [5, 5.41) is 10.4. The van der Waals surface area contributed by atoms with E-state index in [1.165, 1.54) is 11.1 Å². The maximum atomic E-state index is 13.0. The summed E-state index contributed by atoms with van der Waals surface area (Å²) < 4.78 is 5.33. The van der Waals surface area contributed by atoms with Gasteiger partial charge in [0.15, 0.2) is 0 Å². The SMILES string of the molecule is CCOC(=O)N1C2CCC1CC(N1CCC3(CC1)CN(C(=O)C(C)(C)O)Cc1ccccc13)C2.[HH]. The number of amides is 2. The molecule has 7 heteroatoms. The van der Waals surface area contributed by atoms with Crippen molar-refractivity contribution in [3.8, 4) is 0 Å². The molecule has 2 atom stereocenters. The number of carbonyl (C=O) groups is 2. The van der Waals surface area contributed by atoms with Gasteiger partial charge in [-0.3, -0.25) is 4.79 Å². The maximum Gasteiger partial charge on any atom is 0.410 e. The van der Waals surface area contributed by atoms with Gasteiger partial charge in [0, 0.05) is 38.1 Å². The number of aliphatic hydroxyl groups is 1. The number of ether oxygens (including phenoxy) is 1. The molecule has 0 radical (unpaired) electrons. The molecule has 1 N–H and O–H groups in total. The number of hydrogen-bond donors (Lipinski definition) is 1. The molecule has 5 rings (SSSR count). The molecule has 1 aromatic rings. The Balaban J connectivity index is 0.00000289. The Morgan fingerprint density at radius 2 is 1.76 bits per heavy atom. The quantitative estimate of drug-likeness (QED) is 0.730. The number of likely N-dealkylation sites (tertiary alicyclic amines) is 1. The van der Waals surface area contributed by atoms with Crippen LogP contribution in [0.3, 0.4) is 0 Å². The average molecular weight is 472 g/mol. The number of fused-ring (bicyclic) bond motifs is 4. The first-order valence-electron chi connectivity index (χ1n) is 13.0. The molecule has 7 nitrogen and oxygen atoms in total. The molecule has 4 aliphatic rings. The molecule has 0 aliphatic carbocycles. The van der Waals surface area contributed by atoms with E-state index >= 15 is 0 Å². The van der Waals surface area contributed by atoms with Gasteiger partial charge in [-0.25, -0.2) is 4.79 Å². The van der Waals surface area contributed by atoms with Gasteiger partial charge in [-0.1, -0.05) is 24.3 Å². The van der Waals surface area contributed by atoms with Crippen LogP contribution in [0, 0.1) is 0 Å². The van der Waals surface area contributed by atoms with Gasteiger partial charge >= 0.3 is 6.09 Å². The second-order valence-corrected chi connectivity index (χ2v) is 11.3.